The molecule has 0 saturated carbocycles. The molecule has 5 rings (SSSR count). The van der Waals surface area contributed by atoms with E-state index in [-0.39, 0.29) is 11.7 Å². The van der Waals surface area contributed by atoms with Gasteiger partial charge < -0.3 is 5.73 Å². The van der Waals surface area contributed by atoms with E-state index < -0.39 is 5.92 Å². The number of hydrogen-bond donors (Lipinski definition) is 1. The van der Waals surface area contributed by atoms with Crippen molar-refractivity contribution in [3.05, 3.63) is 93.3 Å². The number of ketones is 1. The van der Waals surface area contributed by atoms with Crippen molar-refractivity contribution >= 4 is 27.2 Å². The van der Waals surface area contributed by atoms with Crippen molar-refractivity contribution in [2.75, 3.05) is 14.1 Å². The Morgan fingerprint density at radius 3 is 2.45 bits per heavy atom. The Bertz CT molecular complexity index is 1360. The highest BCUT2D eigenvalue weighted by Crippen LogP contribution is 2.51. The molecule has 0 saturated heterocycles. The first-order valence-corrected chi connectivity index (χ1v) is 11.9. The zero-order valence-corrected chi connectivity index (χ0v) is 19.8. The third kappa shape index (κ3) is 3.36. The van der Waals surface area contributed by atoms with Crippen molar-refractivity contribution in [1.82, 2.24) is 10.0 Å². The van der Waals surface area contributed by atoms with E-state index in [9.17, 15) is 10.1 Å². The van der Waals surface area contributed by atoms with Crippen LogP contribution in [0.1, 0.15) is 40.7 Å². The molecule has 0 amide bonds. The summed E-state index contributed by atoms with van der Waals surface area (Å²) >= 11 is 1.66. The summed E-state index contributed by atoms with van der Waals surface area (Å²) in [5.41, 5.74) is 11.0. The van der Waals surface area contributed by atoms with Crippen molar-refractivity contribution in [3.8, 4) is 6.07 Å². The minimum atomic E-state index is -0.428. The molecule has 5 nitrogen and oxygen atoms in total. The Morgan fingerprint density at radius 2 is 1.79 bits per heavy atom. The molecular formula is C27H26N4OS. The van der Waals surface area contributed by atoms with Crippen LogP contribution in [0.4, 0.5) is 0 Å². The minimum Gasteiger partial charge on any atom is -0.383 e. The molecule has 0 unspecified atom stereocenters. The summed E-state index contributed by atoms with van der Waals surface area (Å²) < 4.78 is 1.16. The molecule has 2 aliphatic rings. The number of aryl methyl sites for hydroxylation is 1. The molecule has 33 heavy (non-hydrogen) atoms. The first-order chi connectivity index (χ1) is 15.9. The van der Waals surface area contributed by atoms with Gasteiger partial charge in [0.25, 0.3) is 0 Å². The van der Waals surface area contributed by atoms with Crippen molar-refractivity contribution in [3.63, 3.8) is 0 Å². The Morgan fingerprint density at radius 1 is 1.09 bits per heavy atom. The van der Waals surface area contributed by atoms with Gasteiger partial charge in [0.1, 0.15) is 5.82 Å². The molecule has 1 aromatic heterocycles. The fourth-order valence-corrected chi connectivity index (χ4v) is 6.59. The number of hydrogen-bond acceptors (Lipinski definition) is 6. The molecular weight excluding hydrogens is 428 g/mol. The molecule has 2 heterocycles. The molecule has 0 spiro atoms. The van der Waals surface area contributed by atoms with E-state index in [0.717, 1.165) is 37.4 Å². The Labute approximate surface area is 198 Å². The van der Waals surface area contributed by atoms with Crippen LogP contribution in [0.2, 0.25) is 0 Å². The van der Waals surface area contributed by atoms with Gasteiger partial charge in [0.2, 0.25) is 0 Å². The van der Waals surface area contributed by atoms with Gasteiger partial charge >= 0.3 is 0 Å². The van der Waals surface area contributed by atoms with Crippen molar-refractivity contribution < 1.29 is 4.79 Å². The number of nitrogens with two attached hydrogens (primary N) is 1. The van der Waals surface area contributed by atoms with Crippen LogP contribution >= 0.6 is 11.3 Å². The number of nitriles is 1. The van der Waals surface area contributed by atoms with E-state index in [0.29, 0.717) is 24.2 Å². The fourth-order valence-electron chi connectivity index (χ4n) is 5.26. The summed E-state index contributed by atoms with van der Waals surface area (Å²) in [4.78, 5) is 14.8. The Kier molecular flexibility index (Phi) is 5.32. The Hall–Kier alpha value is -3.40. The highest BCUT2D eigenvalue weighted by molar-refractivity contribution is 7.19. The van der Waals surface area contributed by atoms with Crippen molar-refractivity contribution in [2.45, 2.75) is 31.6 Å². The first-order valence-electron chi connectivity index (χ1n) is 11.1. The lowest BCUT2D eigenvalue weighted by atomic mass is 9.73. The van der Waals surface area contributed by atoms with Crippen LogP contribution in [-0.4, -0.2) is 29.9 Å². The average Bonchev–Trinajstić information content (AvgIpc) is 3.14. The zero-order valence-electron chi connectivity index (χ0n) is 19.0. The normalized spacial score (nSPS) is 21.1. The number of hydrazine groups is 1. The van der Waals surface area contributed by atoms with Gasteiger partial charge in [0, 0.05) is 41.4 Å². The van der Waals surface area contributed by atoms with Crippen molar-refractivity contribution in [1.29, 1.82) is 5.26 Å². The number of allylic oxidation sites excluding steroid dienone is 3. The predicted octanol–water partition coefficient (Wildman–Crippen LogP) is 5.18. The maximum atomic E-state index is 13.8. The summed E-state index contributed by atoms with van der Waals surface area (Å²) in [5.74, 6) is 0.159. The van der Waals surface area contributed by atoms with Crippen LogP contribution in [0.5, 0.6) is 0 Å². The lowest BCUT2D eigenvalue weighted by molar-refractivity contribution is -0.117. The number of carbonyl (C=O) groups excluding carboxylic acids is 1. The highest BCUT2D eigenvalue weighted by atomic mass is 32.1. The molecule has 1 aliphatic carbocycles. The second kappa shape index (κ2) is 8.18. The summed E-state index contributed by atoms with van der Waals surface area (Å²) in [6.07, 6.45) is 1.13. The molecule has 2 N–H and O–H groups in total. The van der Waals surface area contributed by atoms with Crippen LogP contribution < -0.4 is 5.73 Å². The maximum absolute atomic E-state index is 13.8. The summed E-state index contributed by atoms with van der Waals surface area (Å²) in [5, 5.41) is 15.1. The molecule has 0 fully saturated rings. The van der Waals surface area contributed by atoms with Crippen LogP contribution in [0.25, 0.3) is 10.1 Å². The highest BCUT2D eigenvalue weighted by Gasteiger charge is 2.44. The third-order valence-electron chi connectivity index (χ3n) is 6.75. The van der Waals surface area contributed by atoms with E-state index in [4.69, 9.17) is 5.73 Å². The molecule has 3 aromatic rings. The standard InChI is InChI=1S/C27H26N4OS/c1-16-19-11-7-8-12-23(19)33-26(16)24-20(15-28)27(29)31(30(2)3)21-13-18(14-22(32)25(21)24)17-9-5-4-6-10-17/h4-12,18,24H,13-14,29H2,1-3H3/t18-,24+/m0/s1. The molecule has 0 bridgehead atoms. The smallest absolute Gasteiger partial charge is 0.162 e. The van der Waals surface area contributed by atoms with E-state index in [1.807, 2.05) is 54.4 Å². The number of fused-ring (bicyclic) bond motifs is 1. The van der Waals surface area contributed by atoms with Crippen molar-refractivity contribution in [2.24, 2.45) is 5.73 Å². The molecule has 2 aromatic carbocycles. The third-order valence-corrected chi connectivity index (χ3v) is 8.09. The van der Waals surface area contributed by atoms with Crippen LogP contribution in [0.3, 0.4) is 0 Å². The average molecular weight is 455 g/mol. The van der Waals surface area contributed by atoms with Gasteiger partial charge in [-0.1, -0.05) is 48.5 Å². The van der Waals surface area contributed by atoms with Gasteiger partial charge in [-0.05, 0) is 41.8 Å². The summed E-state index contributed by atoms with van der Waals surface area (Å²) in [7, 11) is 3.79. The summed E-state index contributed by atoms with van der Waals surface area (Å²) in [6, 6.07) is 20.8. The summed E-state index contributed by atoms with van der Waals surface area (Å²) in [6.45, 7) is 2.08. The van der Waals surface area contributed by atoms with Gasteiger partial charge in [-0.2, -0.15) is 5.26 Å². The van der Waals surface area contributed by atoms with E-state index in [2.05, 4.69) is 37.3 Å². The number of benzene rings is 2. The number of nitrogens with zero attached hydrogens (tertiary/aromatic N) is 3. The van der Waals surface area contributed by atoms with E-state index in [1.54, 1.807) is 11.3 Å². The second-order valence-electron chi connectivity index (χ2n) is 8.89. The number of thiophene rings is 1. The van der Waals surface area contributed by atoms with Crippen LogP contribution in [0.15, 0.2) is 77.3 Å². The zero-order chi connectivity index (χ0) is 23.3. The van der Waals surface area contributed by atoms with Gasteiger partial charge in [-0.15, -0.1) is 11.3 Å². The molecule has 2 atom stereocenters. The quantitative estimate of drug-likeness (QED) is 0.590. The van der Waals surface area contributed by atoms with E-state index in [1.165, 1.54) is 0 Å². The van der Waals surface area contributed by atoms with E-state index >= 15 is 0 Å². The lowest BCUT2D eigenvalue weighted by Gasteiger charge is -2.43. The maximum Gasteiger partial charge on any atom is 0.162 e. The molecule has 166 valence electrons. The fraction of sp³-hybridized carbons (Fsp3) is 0.259. The Balaban J connectivity index is 1.73. The second-order valence-corrected chi connectivity index (χ2v) is 9.97. The number of Topliss-reactive ketones (excluding diaryl/α,β-unsaturated/α-hetero) is 1. The monoisotopic (exact) mass is 454 g/mol. The van der Waals surface area contributed by atoms with Gasteiger partial charge in [-0.25, -0.2) is 5.01 Å². The molecule has 6 heteroatoms. The molecule has 0 radical (unpaired) electrons. The number of carbonyl (C=O) groups is 1. The van der Waals surface area contributed by atoms with Gasteiger partial charge in [0.15, 0.2) is 5.78 Å². The van der Waals surface area contributed by atoms with Gasteiger partial charge in [-0.3, -0.25) is 9.80 Å². The SMILES string of the molecule is Cc1c([C@@H]2C(C#N)=C(N)N(N(C)C)C3=C2C(=O)C[C@@H](c2ccccc2)C3)sc2ccccc12. The largest absolute Gasteiger partial charge is 0.383 e. The van der Waals surface area contributed by atoms with Crippen LogP contribution in [0, 0.1) is 18.3 Å². The van der Waals surface area contributed by atoms with Crippen LogP contribution in [-0.2, 0) is 4.79 Å². The topological polar surface area (TPSA) is 73.4 Å². The predicted molar refractivity (Wildman–Crippen MR) is 132 cm³/mol. The lowest BCUT2D eigenvalue weighted by Crippen LogP contribution is -2.46. The van der Waals surface area contributed by atoms with Gasteiger partial charge in [0.05, 0.1) is 17.6 Å². The molecule has 1 aliphatic heterocycles. The number of rotatable bonds is 3. The first kappa shape index (κ1) is 21.4. The minimum absolute atomic E-state index is 0.0838.